The van der Waals surface area contributed by atoms with E-state index in [4.69, 9.17) is 9.47 Å². The van der Waals surface area contributed by atoms with Gasteiger partial charge in [-0.25, -0.2) is 9.50 Å². The van der Waals surface area contributed by atoms with Gasteiger partial charge in [0.05, 0.1) is 17.9 Å². The third-order valence-electron chi connectivity index (χ3n) is 7.53. The Morgan fingerprint density at radius 3 is 3.10 bits per heavy atom. The summed E-state index contributed by atoms with van der Waals surface area (Å²) in [5.41, 5.74) is 1.17. The van der Waals surface area contributed by atoms with Gasteiger partial charge in [-0.1, -0.05) is 0 Å². The van der Waals surface area contributed by atoms with Crippen LogP contribution in [0.2, 0.25) is 0 Å². The molecule has 0 aromatic carbocycles. The number of amides is 1. The molecule has 2 bridgehead atoms. The van der Waals surface area contributed by atoms with E-state index in [0.717, 1.165) is 52.0 Å². The first-order valence-electron chi connectivity index (χ1n) is 10.8. The highest BCUT2D eigenvalue weighted by Crippen LogP contribution is 2.55. The van der Waals surface area contributed by atoms with E-state index in [9.17, 15) is 4.79 Å². The fraction of sp³-hybridized carbons (Fsp3) is 0.667. The predicted molar refractivity (Wildman–Crippen MR) is 105 cm³/mol. The minimum Gasteiger partial charge on any atom is -0.381 e. The van der Waals surface area contributed by atoms with Crippen molar-refractivity contribution >= 4 is 11.6 Å². The number of imidazole rings is 1. The number of carbonyl (C=O) groups excluding carboxylic acids is 1. The molecule has 4 aliphatic heterocycles. The molecule has 1 N–H and O–H groups in total. The maximum Gasteiger partial charge on any atom is 0.271 e. The van der Waals surface area contributed by atoms with Crippen LogP contribution in [0.4, 0.5) is 0 Å². The first-order valence-corrected chi connectivity index (χ1v) is 10.8. The summed E-state index contributed by atoms with van der Waals surface area (Å²) in [5.74, 6) is 0.765. The smallest absolute Gasteiger partial charge is 0.271 e. The molecule has 8 heteroatoms. The van der Waals surface area contributed by atoms with E-state index in [2.05, 4.69) is 20.3 Å². The Balaban J connectivity index is 1.15. The summed E-state index contributed by atoms with van der Waals surface area (Å²) >= 11 is 0. The molecule has 0 saturated carbocycles. The van der Waals surface area contributed by atoms with Gasteiger partial charge in [-0.2, -0.15) is 5.10 Å². The van der Waals surface area contributed by atoms with Gasteiger partial charge in [-0.3, -0.25) is 9.69 Å². The van der Waals surface area contributed by atoms with E-state index < -0.39 is 0 Å². The number of aromatic nitrogens is 3. The maximum absolute atomic E-state index is 12.8. The van der Waals surface area contributed by atoms with E-state index in [-0.39, 0.29) is 17.6 Å². The minimum atomic E-state index is -0.118. The lowest BCUT2D eigenvalue weighted by atomic mass is 9.73. The van der Waals surface area contributed by atoms with E-state index in [0.29, 0.717) is 35.8 Å². The number of hydrogen-bond acceptors (Lipinski definition) is 6. The van der Waals surface area contributed by atoms with Crippen LogP contribution in [0.5, 0.6) is 0 Å². The number of carbonyl (C=O) groups is 1. The zero-order valence-electron chi connectivity index (χ0n) is 16.5. The van der Waals surface area contributed by atoms with Gasteiger partial charge in [0.2, 0.25) is 0 Å². The molecule has 4 aliphatic rings. The van der Waals surface area contributed by atoms with Crippen molar-refractivity contribution in [3.8, 4) is 0 Å². The van der Waals surface area contributed by atoms with Crippen LogP contribution >= 0.6 is 0 Å². The molecule has 29 heavy (non-hydrogen) atoms. The third-order valence-corrected chi connectivity index (χ3v) is 7.53. The lowest BCUT2D eigenvalue weighted by molar-refractivity contribution is -0.0122. The number of fused-ring (bicyclic) bond motifs is 2. The number of nitrogens with zero attached hydrogens (tertiary/aromatic N) is 4. The largest absolute Gasteiger partial charge is 0.381 e. The summed E-state index contributed by atoms with van der Waals surface area (Å²) in [5, 5.41) is 7.40. The van der Waals surface area contributed by atoms with Crippen LogP contribution < -0.4 is 5.32 Å². The van der Waals surface area contributed by atoms with Crippen molar-refractivity contribution in [2.24, 2.45) is 11.8 Å². The fourth-order valence-electron chi connectivity index (χ4n) is 6.11. The normalized spacial score (nSPS) is 34.7. The maximum atomic E-state index is 12.8. The summed E-state index contributed by atoms with van der Waals surface area (Å²) in [6.07, 6.45) is 8.04. The number of ether oxygens (including phenoxy) is 2. The molecule has 4 atom stereocenters. The lowest BCUT2D eigenvalue weighted by Gasteiger charge is -2.32. The molecular formula is C21H27N5O3. The molecular weight excluding hydrogens is 370 g/mol. The van der Waals surface area contributed by atoms with Gasteiger partial charge >= 0.3 is 0 Å². The molecule has 0 aliphatic carbocycles. The van der Waals surface area contributed by atoms with Crippen molar-refractivity contribution in [3.05, 3.63) is 30.2 Å². The van der Waals surface area contributed by atoms with Gasteiger partial charge in [0.15, 0.2) is 5.65 Å². The van der Waals surface area contributed by atoms with Crippen molar-refractivity contribution < 1.29 is 14.3 Å². The van der Waals surface area contributed by atoms with Crippen LogP contribution in [0.25, 0.3) is 5.65 Å². The topological polar surface area (TPSA) is 81.0 Å². The second kappa shape index (κ2) is 6.75. The van der Waals surface area contributed by atoms with Crippen LogP contribution in [0.3, 0.4) is 0 Å². The van der Waals surface area contributed by atoms with Crippen LogP contribution in [0.1, 0.15) is 36.2 Å². The van der Waals surface area contributed by atoms with Crippen LogP contribution in [0.15, 0.2) is 24.5 Å². The summed E-state index contributed by atoms with van der Waals surface area (Å²) in [6.45, 7) is 4.52. The summed E-state index contributed by atoms with van der Waals surface area (Å²) in [7, 11) is 0. The zero-order valence-corrected chi connectivity index (χ0v) is 16.5. The molecule has 1 spiro atoms. The van der Waals surface area contributed by atoms with E-state index >= 15 is 0 Å². The molecule has 8 nitrogen and oxygen atoms in total. The number of rotatable bonds is 4. The molecule has 2 aromatic heterocycles. The Labute approximate surface area is 169 Å². The average Bonchev–Trinajstić information content (AvgIpc) is 3.51. The second-order valence-corrected chi connectivity index (χ2v) is 8.95. The van der Waals surface area contributed by atoms with Gasteiger partial charge in [0.1, 0.15) is 5.69 Å². The Hall–Kier alpha value is -2.03. The Morgan fingerprint density at radius 2 is 2.21 bits per heavy atom. The van der Waals surface area contributed by atoms with Gasteiger partial charge in [0.25, 0.3) is 5.91 Å². The van der Waals surface area contributed by atoms with E-state index in [1.807, 2.05) is 12.1 Å². The summed E-state index contributed by atoms with van der Waals surface area (Å²) in [4.78, 5) is 19.7. The Bertz CT molecular complexity index is 926. The molecule has 0 radical (unpaired) electrons. The van der Waals surface area contributed by atoms with Crippen molar-refractivity contribution in [1.82, 2.24) is 24.8 Å². The third kappa shape index (κ3) is 2.80. The predicted octanol–water partition coefficient (Wildman–Crippen LogP) is 1.12. The van der Waals surface area contributed by atoms with Crippen LogP contribution in [0, 0.1) is 11.8 Å². The number of likely N-dealkylation sites (tertiary alicyclic amines) is 1. The molecule has 6 heterocycles. The Kier molecular flexibility index (Phi) is 4.14. The molecule has 154 valence electrons. The van der Waals surface area contributed by atoms with Gasteiger partial charge in [-0.05, 0) is 37.8 Å². The van der Waals surface area contributed by atoms with Crippen LogP contribution in [-0.2, 0) is 9.47 Å². The number of hydrogen-bond donors (Lipinski definition) is 1. The van der Waals surface area contributed by atoms with E-state index in [1.165, 1.54) is 0 Å². The highest BCUT2D eigenvalue weighted by atomic mass is 16.5. The first-order chi connectivity index (χ1) is 14.2. The van der Waals surface area contributed by atoms with Crippen molar-refractivity contribution in [2.45, 2.75) is 43.4 Å². The number of nitrogens with one attached hydrogen (secondary N) is 1. The quantitative estimate of drug-likeness (QED) is 0.833. The standard InChI is InChI=1S/C21H27N5O3/c27-20(17-11-22-19-2-1-7-24-26(17)19)23-10-15-16-12-25(14-4-8-28-9-5-14)13-21(16)6-3-18(15)29-21/h1-2,7,11,14-16,18H,3-6,8-10,12-13H2,(H,23,27)/t15-,16+,18+,21+/m0/s1. The molecule has 0 unspecified atom stereocenters. The van der Waals surface area contributed by atoms with Gasteiger partial charge in [-0.15, -0.1) is 0 Å². The average molecular weight is 397 g/mol. The summed E-state index contributed by atoms with van der Waals surface area (Å²) in [6, 6.07) is 4.28. The first kappa shape index (κ1) is 17.8. The monoisotopic (exact) mass is 397 g/mol. The lowest BCUT2D eigenvalue weighted by Crippen LogP contribution is -2.42. The summed E-state index contributed by atoms with van der Waals surface area (Å²) < 4.78 is 13.7. The zero-order chi connectivity index (χ0) is 19.4. The Morgan fingerprint density at radius 1 is 1.31 bits per heavy atom. The molecule has 1 amide bonds. The molecule has 6 rings (SSSR count). The molecule has 4 saturated heterocycles. The van der Waals surface area contributed by atoms with Crippen molar-refractivity contribution in [1.29, 1.82) is 0 Å². The second-order valence-electron chi connectivity index (χ2n) is 8.95. The van der Waals surface area contributed by atoms with Gasteiger partial charge in [0, 0.05) is 56.9 Å². The SMILES string of the molecule is O=C(NC[C@H]1[C@H]2CN(C3CCOCC3)C[C@]23CC[C@H]1O3)c1cnc2cccnn12. The molecule has 4 fully saturated rings. The highest BCUT2D eigenvalue weighted by Gasteiger charge is 2.63. The fourth-order valence-corrected chi connectivity index (χ4v) is 6.11. The minimum absolute atomic E-state index is 0.00320. The highest BCUT2D eigenvalue weighted by molar-refractivity contribution is 5.93. The van der Waals surface area contributed by atoms with Gasteiger partial charge < -0.3 is 14.8 Å². The van der Waals surface area contributed by atoms with Crippen LogP contribution in [-0.4, -0.2) is 76.0 Å². The van der Waals surface area contributed by atoms with Crippen molar-refractivity contribution in [3.63, 3.8) is 0 Å². The van der Waals surface area contributed by atoms with E-state index in [1.54, 1.807) is 16.9 Å². The van der Waals surface area contributed by atoms with Crippen molar-refractivity contribution in [2.75, 3.05) is 32.8 Å². The molecule has 2 aromatic rings.